The topological polar surface area (TPSA) is 77.8 Å². The molecule has 0 aliphatic carbocycles. The molecule has 0 saturated heterocycles. The van der Waals surface area contributed by atoms with Gasteiger partial charge < -0.3 is 14.7 Å². The van der Waals surface area contributed by atoms with E-state index in [2.05, 4.69) is 0 Å². The van der Waals surface area contributed by atoms with E-state index >= 15 is 0 Å². The van der Waals surface area contributed by atoms with Gasteiger partial charge in [-0.3, -0.25) is 0 Å². The minimum atomic E-state index is -4.64. The molecule has 0 bridgehead atoms. The molecule has 53 valence electrons. The molecule has 0 aliphatic rings. The van der Waals surface area contributed by atoms with Crippen LogP contribution in [0.4, 0.5) is 0 Å². The average molecular weight is 554 g/mol. The minimum Gasteiger partial charge on any atom is -0.303 e. The summed E-state index contributed by atoms with van der Waals surface area (Å²) in [5.74, 6) is 0. The van der Waals surface area contributed by atoms with E-state index in [0.717, 1.165) is 0 Å². The Labute approximate surface area is 143 Å². The Kier molecular flexibility index (Phi) is 31.5. The van der Waals surface area contributed by atoms with Gasteiger partial charge in [-0.05, 0) is 0 Å². The molecular weight excluding hydrogens is 551 g/mol. The Morgan fingerprint density at radius 3 is 1.12 bits per heavy atom. The summed E-state index contributed by atoms with van der Waals surface area (Å²) in [7, 11) is -4.64. The van der Waals surface area contributed by atoms with Crippen LogP contribution in [0.25, 0.3) is 0 Å². The molecule has 0 spiro atoms. The second-order valence-electron chi connectivity index (χ2n) is 0.513. The zero-order chi connectivity index (χ0) is 4.50. The molecule has 0 aromatic rings. The van der Waals surface area contributed by atoms with Crippen LogP contribution in [-0.4, -0.2) is 14.7 Å². The van der Waals surface area contributed by atoms with Gasteiger partial charge in [0.1, 0.15) is 0 Å². The van der Waals surface area contributed by atoms with Crippen molar-refractivity contribution in [2.45, 2.75) is 0 Å². The third kappa shape index (κ3) is 49.8. The Bertz CT molecular complexity index is 62.2. The van der Waals surface area contributed by atoms with Crippen LogP contribution in [0, 0.1) is 120 Å². The van der Waals surface area contributed by atoms with Crippen LogP contribution >= 0.6 is 7.82 Å². The van der Waals surface area contributed by atoms with Crippen molar-refractivity contribution in [1.82, 2.24) is 0 Å². The zero-order valence-electron chi connectivity index (χ0n) is 3.38. The van der Waals surface area contributed by atoms with Crippen molar-refractivity contribution in [1.29, 1.82) is 0 Å². The largest absolute Gasteiger partial charge is 0.466 e. The molecule has 8 heteroatoms. The van der Waals surface area contributed by atoms with Crippen molar-refractivity contribution >= 4 is 7.82 Å². The molecule has 0 heterocycles. The summed E-state index contributed by atoms with van der Waals surface area (Å²) in [6.07, 6.45) is 0. The SMILES string of the molecule is O=P(O)(O)O.[Ce].[Gd].[Tb]. The Morgan fingerprint density at radius 1 is 1.12 bits per heavy atom. The zero-order valence-corrected chi connectivity index (χ0v) is 11.8. The van der Waals surface area contributed by atoms with Crippen molar-refractivity contribution in [2.24, 2.45) is 0 Å². The second kappa shape index (κ2) is 11.1. The van der Waals surface area contributed by atoms with E-state index in [1.54, 1.807) is 0 Å². The molecule has 1 radical (unpaired) electrons. The fraction of sp³-hybridized carbons (Fsp3) is 0. The Balaban J connectivity index is -0.0000000267. The molecular formula is H3CeGdO4PTb. The van der Waals surface area contributed by atoms with Crippen LogP contribution in [0.5, 0.6) is 0 Å². The first kappa shape index (κ1) is 22.7. The monoisotopic (exact) mass is 555 g/mol. The van der Waals surface area contributed by atoms with Crippen LogP contribution in [-0.2, 0) is 4.57 Å². The van der Waals surface area contributed by atoms with Gasteiger partial charge in [-0.25, -0.2) is 4.57 Å². The van der Waals surface area contributed by atoms with E-state index in [4.69, 9.17) is 19.2 Å². The summed E-state index contributed by atoms with van der Waals surface area (Å²) in [6, 6.07) is 0. The Morgan fingerprint density at radius 2 is 1.12 bits per heavy atom. The third-order valence-electron chi connectivity index (χ3n) is 0. The molecule has 0 aromatic heterocycles. The van der Waals surface area contributed by atoms with Gasteiger partial charge >= 0.3 is 7.82 Å². The van der Waals surface area contributed by atoms with E-state index in [1.165, 1.54) is 0 Å². The van der Waals surface area contributed by atoms with E-state index in [0.29, 0.717) is 0 Å². The number of hydrogen-bond acceptors (Lipinski definition) is 1. The smallest absolute Gasteiger partial charge is 0.303 e. The normalized spacial score (nSPS) is 7.38. The van der Waals surface area contributed by atoms with Crippen LogP contribution in [0.1, 0.15) is 0 Å². The van der Waals surface area contributed by atoms with Crippen molar-refractivity contribution in [3.8, 4) is 0 Å². The molecule has 8 heavy (non-hydrogen) atoms. The standard InChI is InChI=1S/Ce.Gd.H3O4P.Tb/c;;1-5(2,3)4;/h;;(H3,1,2,3,4);. The first-order valence-corrected chi connectivity index (χ1v) is 2.35. The third-order valence-corrected chi connectivity index (χ3v) is 0. The molecule has 0 amide bonds. The number of phosphoric acid groups is 1. The quantitative estimate of drug-likeness (QED) is 0.339. The molecule has 0 aliphatic heterocycles. The fourth-order valence-corrected chi connectivity index (χ4v) is 0. The number of rotatable bonds is 0. The van der Waals surface area contributed by atoms with E-state index < -0.39 is 7.82 Å². The van der Waals surface area contributed by atoms with Crippen LogP contribution in [0.15, 0.2) is 0 Å². The molecule has 0 atom stereocenters. The van der Waals surface area contributed by atoms with Gasteiger partial charge in [0.05, 0.1) is 0 Å². The van der Waals surface area contributed by atoms with Crippen LogP contribution < -0.4 is 0 Å². The maximum absolute atomic E-state index is 8.88. The molecule has 0 fully saturated rings. The summed E-state index contributed by atoms with van der Waals surface area (Å²) in [6.45, 7) is 0. The minimum absolute atomic E-state index is 0. The summed E-state index contributed by atoms with van der Waals surface area (Å²) < 4.78 is 8.88. The molecule has 4 nitrogen and oxygen atoms in total. The molecule has 0 unspecified atom stereocenters. The summed E-state index contributed by atoms with van der Waals surface area (Å²) in [4.78, 5) is 21.6. The van der Waals surface area contributed by atoms with Gasteiger partial charge in [0.15, 0.2) is 0 Å². The fourth-order valence-electron chi connectivity index (χ4n) is 0. The van der Waals surface area contributed by atoms with E-state index in [9.17, 15) is 0 Å². The van der Waals surface area contributed by atoms with Gasteiger partial charge in [0.2, 0.25) is 0 Å². The van der Waals surface area contributed by atoms with E-state index in [-0.39, 0.29) is 120 Å². The maximum Gasteiger partial charge on any atom is 0.466 e. The van der Waals surface area contributed by atoms with Crippen LogP contribution in [0.3, 0.4) is 0 Å². The van der Waals surface area contributed by atoms with Crippen molar-refractivity contribution in [2.75, 3.05) is 0 Å². The van der Waals surface area contributed by atoms with Gasteiger partial charge in [-0.15, -0.1) is 0 Å². The molecule has 0 rings (SSSR count). The Hall–Kier alpha value is 4.10. The summed E-state index contributed by atoms with van der Waals surface area (Å²) >= 11 is 0. The van der Waals surface area contributed by atoms with Gasteiger partial charge in [0, 0.05) is 120 Å². The van der Waals surface area contributed by atoms with Gasteiger partial charge in [0.25, 0.3) is 0 Å². The van der Waals surface area contributed by atoms with Gasteiger partial charge in [-0.1, -0.05) is 0 Å². The average Bonchev–Trinajstić information content (AvgIpc) is 0.722. The second-order valence-corrected chi connectivity index (χ2v) is 1.54. The summed E-state index contributed by atoms with van der Waals surface area (Å²) in [5, 5.41) is 0. The predicted molar refractivity (Wildman–Crippen MR) is 14.3 cm³/mol. The van der Waals surface area contributed by atoms with E-state index in [1.807, 2.05) is 0 Å². The molecule has 3 N–H and O–H groups in total. The molecule has 0 saturated carbocycles. The summed E-state index contributed by atoms with van der Waals surface area (Å²) in [5.41, 5.74) is 0. The first-order valence-electron chi connectivity index (χ1n) is 0.783. The maximum atomic E-state index is 8.88. The molecule has 0 aromatic carbocycles. The van der Waals surface area contributed by atoms with Crippen molar-refractivity contribution in [3.05, 3.63) is 0 Å². The van der Waals surface area contributed by atoms with Crippen molar-refractivity contribution in [3.63, 3.8) is 0 Å². The van der Waals surface area contributed by atoms with Crippen molar-refractivity contribution < 1.29 is 140 Å². The predicted octanol–water partition coefficient (Wildman–Crippen LogP) is -0.929. The van der Waals surface area contributed by atoms with Crippen LogP contribution in [0.2, 0.25) is 0 Å². The van der Waals surface area contributed by atoms with Gasteiger partial charge in [-0.2, -0.15) is 0 Å². The first-order chi connectivity index (χ1) is 2.00. The number of hydrogen-bond donors (Lipinski definition) is 3.